The molecule has 0 N–H and O–H groups in total. The van der Waals surface area contributed by atoms with Crippen molar-refractivity contribution in [2.45, 2.75) is 64.3 Å². The second-order valence-electron chi connectivity index (χ2n) is 4.92. The van der Waals surface area contributed by atoms with E-state index in [1.54, 1.807) is 20.3 Å². The molecule has 0 radical (unpaired) electrons. The van der Waals surface area contributed by atoms with Gasteiger partial charge in [0.1, 0.15) is 0 Å². The Bertz CT molecular complexity index is 206. The second-order valence-corrected chi connectivity index (χ2v) is 7.89. The van der Waals surface area contributed by atoms with Crippen LogP contribution < -0.4 is 0 Å². The first-order valence-corrected chi connectivity index (χ1v) is 9.53. The van der Waals surface area contributed by atoms with Gasteiger partial charge in [-0.3, -0.25) is 0 Å². The van der Waals surface area contributed by atoms with E-state index in [-0.39, 0.29) is 0 Å². The Hall–Kier alpha value is -0.163. The second kappa shape index (κ2) is 12.8. The van der Waals surface area contributed by atoms with E-state index in [1.807, 2.05) is 0 Å². The summed E-state index contributed by atoms with van der Waals surface area (Å²) in [4.78, 5) is 0. The highest BCUT2D eigenvalue weighted by molar-refractivity contribution is 6.60. The quantitative estimate of drug-likeness (QED) is 0.266. The van der Waals surface area contributed by atoms with E-state index in [0.29, 0.717) is 6.61 Å². The third kappa shape index (κ3) is 9.38. The summed E-state index contributed by atoms with van der Waals surface area (Å²) in [6.45, 7) is 6.42. The van der Waals surface area contributed by atoms with Crippen LogP contribution in [-0.2, 0) is 13.3 Å². The molecular weight excluding hydrogens is 256 g/mol. The molecule has 0 amide bonds. The summed E-state index contributed by atoms with van der Waals surface area (Å²) >= 11 is 0. The van der Waals surface area contributed by atoms with Gasteiger partial charge in [0.15, 0.2) is 0 Å². The number of hydrogen-bond donors (Lipinski definition) is 0. The van der Waals surface area contributed by atoms with Crippen molar-refractivity contribution in [3.63, 3.8) is 0 Å². The molecule has 0 rings (SSSR count). The van der Waals surface area contributed by atoms with Crippen molar-refractivity contribution < 1.29 is 13.3 Å². The fourth-order valence-corrected chi connectivity index (χ4v) is 4.15. The summed E-state index contributed by atoms with van der Waals surface area (Å²) in [7, 11) is 0.951. The molecule has 0 aromatic heterocycles. The molecular formula is C15H32O3Si. The first-order chi connectivity index (χ1) is 9.24. The Morgan fingerprint density at radius 3 is 1.89 bits per heavy atom. The molecule has 0 fully saturated rings. The monoisotopic (exact) mass is 288 g/mol. The molecule has 114 valence electrons. The summed E-state index contributed by atoms with van der Waals surface area (Å²) in [5.74, 6) is 0. The highest BCUT2D eigenvalue weighted by Crippen LogP contribution is 2.19. The molecule has 0 aromatic carbocycles. The van der Waals surface area contributed by atoms with E-state index in [0.717, 1.165) is 12.5 Å². The molecule has 4 heteroatoms. The summed E-state index contributed by atoms with van der Waals surface area (Å²) in [6, 6.07) is 0.906. The minimum Gasteiger partial charge on any atom is -0.377 e. The van der Waals surface area contributed by atoms with Gasteiger partial charge in [-0.05, 0) is 6.42 Å². The summed E-state index contributed by atoms with van der Waals surface area (Å²) in [5, 5.41) is 0. The van der Waals surface area contributed by atoms with Crippen LogP contribution in [0, 0.1) is 0 Å². The molecule has 0 saturated carbocycles. The Morgan fingerprint density at radius 2 is 1.42 bits per heavy atom. The average molecular weight is 289 g/mol. The molecule has 0 spiro atoms. The van der Waals surface area contributed by atoms with Gasteiger partial charge in [0.25, 0.3) is 0 Å². The van der Waals surface area contributed by atoms with Gasteiger partial charge >= 0.3 is 8.80 Å². The molecule has 0 aromatic rings. The van der Waals surface area contributed by atoms with Gasteiger partial charge < -0.3 is 13.3 Å². The summed E-state index contributed by atoms with van der Waals surface area (Å²) < 4.78 is 16.7. The van der Waals surface area contributed by atoms with E-state index in [1.165, 1.54) is 44.9 Å². The molecule has 19 heavy (non-hydrogen) atoms. The van der Waals surface area contributed by atoms with E-state index in [4.69, 9.17) is 13.3 Å². The molecule has 3 nitrogen and oxygen atoms in total. The molecule has 0 unspecified atom stereocenters. The van der Waals surface area contributed by atoms with Gasteiger partial charge in [-0.15, -0.1) is 6.58 Å². The fourth-order valence-electron chi connectivity index (χ4n) is 2.14. The fraction of sp³-hybridized carbons (Fsp3) is 0.867. The van der Waals surface area contributed by atoms with Gasteiger partial charge in [-0.2, -0.15) is 0 Å². The minimum absolute atomic E-state index is 0.505. The lowest BCUT2D eigenvalue weighted by atomic mass is 10.1. The van der Waals surface area contributed by atoms with Crippen LogP contribution >= 0.6 is 0 Å². The smallest absolute Gasteiger partial charge is 0.377 e. The standard InChI is InChI=1S/C15H32O3Si/c1-5-7-8-9-10-11-12-13-15-19(16-3,17-4)18-14-6-2/h6H,2,5,7-15H2,1,3-4H3. The lowest BCUT2D eigenvalue weighted by Gasteiger charge is -2.25. The van der Waals surface area contributed by atoms with E-state index >= 15 is 0 Å². The van der Waals surface area contributed by atoms with Crippen molar-refractivity contribution in [2.24, 2.45) is 0 Å². The highest BCUT2D eigenvalue weighted by atomic mass is 28.4. The van der Waals surface area contributed by atoms with Crippen molar-refractivity contribution in [2.75, 3.05) is 20.8 Å². The average Bonchev–Trinajstić information content (AvgIpc) is 2.45. The van der Waals surface area contributed by atoms with Crippen molar-refractivity contribution in [1.29, 1.82) is 0 Å². The molecule has 0 atom stereocenters. The van der Waals surface area contributed by atoms with Crippen LogP contribution in [0.5, 0.6) is 0 Å². The topological polar surface area (TPSA) is 27.7 Å². The third-order valence-electron chi connectivity index (χ3n) is 3.38. The third-order valence-corrected chi connectivity index (χ3v) is 6.20. The van der Waals surface area contributed by atoms with Crippen LogP contribution in [0.3, 0.4) is 0 Å². The van der Waals surface area contributed by atoms with E-state index in [2.05, 4.69) is 13.5 Å². The van der Waals surface area contributed by atoms with Crippen molar-refractivity contribution in [3.05, 3.63) is 12.7 Å². The lowest BCUT2D eigenvalue weighted by molar-refractivity contribution is 0.109. The van der Waals surface area contributed by atoms with Crippen LogP contribution in [0.1, 0.15) is 58.3 Å². The van der Waals surface area contributed by atoms with Crippen LogP contribution in [0.15, 0.2) is 12.7 Å². The van der Waals surface area contributed by atoms with Crippen LogP contribution in [-0.4, -0.2) is 29.6 Å². The molecule has 0 aliphatic rings. The predicted octanol–water partition coefficient (Wildman–Crippen LogP) is 4.56. The Labute approximate surface area is 120 Å². The van der Waals surface area contributed by atoms with Gasteiger partial charge in [-0.1, -0.05) is 57.9 Å². The summed E-state index contributed by atoms with van der Waals surface area (Å²) in [6.07, 6.45) is 12.2. The largest absolute Gasteiger partial charge is 0.500 e. The molecule has 0 heterocycles. The maximum absolute atomic E-state index is 5.71. The Morgan fingerprint density at radius 1 is 0.895 bits per heavy atom. The lowest BCUT2D eigenvalue weighted by Crippen LogP contribution is -2.43. The van der Waals surface area contributed by atoms with Crippen LogP contribution in [0.4, 0.5) is 0 Å². The normalized spacial score (nSPS) is 11.7. The number of hydrogen-bond acceptors (Lipinski definition) is 3. The number of unbranched alkanes of at least 4 members (excludes halogenated alkanes) is 7. The zero-order valence-electron chi connectivity index (χ0n) is 13.1. The van der Waals surface area contributed by atoms with Gasteiger partial charge in [-0.25, -0.2) is 0 Å². The zero-order valence-corrected chi connectivity index (χ0v) is 14.1. The van der Waals surface area contributed by atoms with Gasteiger partial charge in [0, 0.05) is 20.3 Å². The predicted molar refractivity (Wildman–Crippen MR) is 83.3 cm³/mol. The SMILES string of the molecule is C=CCO[Si](CCCCCCCCCC)(OC)OC. The van der Waals surface area contributed by atoms with Crippen LogP contribution in [0.25, 0.3) is 0 Å². The minimum atomic E-state index is -2.42. The molecule has 0 bridgehead atoms. The first-order valence-electron chi connectivity index (χ1n) is 7.59. The Kier molecular flexibility index (Phi) is 12.7. The van der Waals surface area contributed by atoms with Crippen molar-refractivity contribution in [3.8, 4) is 0 Å². The summed E-state index contributed by atoms with van der Waals surface area (Å²) in [5.41, 5.74) is 0. The van der Waals surface area contributed by atoms with Gasteiger partial charge in [0.2, 0.25) is 0 Å². The highest BCUT2D eigenvalue weighted by Gasteiger charge is 2.37. The first kappa shape index (κ1) is 18.8. The molecule has 0 aliphatic heterocycles. The Balaban J connectivity index is 3.66. The maximum atomic E-state index is 5.71. The van der Waals surface area contributed by atoms with Crippen molar-refractivity contribution in [1.82, 2.24) is 0 Å². The molecule has 0 saturated heterocycles. The molecule has 0 aliphatic carbocycles. The maximum Gasteiger partial charge on any atom is 0.500 e. The van der Waals surface area contributed by atoms with E-state index in [9.17, 15) is 0 Å². The van der Waals surface area contributed by atoms with E-state index < -0.39 is 8.80 Å². The zero-order chi connectivity index (χ0) is 14.4. The number of rotatable bonds is 14. The van der Waals surface area contributed by atoms with Crippen molar-refractivity contribution >= 4 is 8.80 Å². The van der Waals surface area contributed by atoms with Crippen LogP contribution in [0.2, 0.25) is 6.04 Å². The van der Waals surface area contributed by atoms with Gasteiger partial charge in [0.05, 0.1) is 6.61 Å².